The summed E-state index contributed by atoms with van der Waals surface area (Å²) in [5, 5.41) is 0. The van der Waals surface area contributed by atoms with Crippen LogP contribution in [0.5, 0.6) is 11.5 Å². The summed E-state index contributed by atoms with van der Waals surface area (Å²) in [5.74, 6) is 1.31. The molecule has 160 valence electrons. The molecule has 0 aliphatic carbocycles. The third-order valence-electron chi connectivity index (χ3n) is 6.05. The summed E-state index contributed by atoms with van der Waals surface area (Å²) in [4.78, 5) is 17.4. The summed E-state index contributed by atoms with van der Waals surface area (Å²) in [6.07, 6.45) is 3.94. The molecule has 1 saturated heterocycles. The van der Waals surface area contributed by atoms with Crippen molar-refractivity contribution in [3.05, 3.63) is 59.4 Å². The SMILES string of the molecule is COc1ccc2c(c1)C(=O)N(CCN1CCC(Oc3ccc(F)cc3)CC1)CCC2. The van der Waals surface area contributed by atoms with E-state index in [1.54, 1.807) is 19.2 Å². The number of aryl methyl sites for hydroxylation is 1. The third kappa shape index (κ3) is 4.93. The average Bonchev–Trinajstić information content (AvgIpc) is 2.93. The van der Waals surface area contributed by atoms with Gasteiger partial charge in [0.1, 0.15) is 23.4 Å². The lowest BCUT2D eigenvalue weighted by Gasteiger charge is -2.33. The first kappa shape index (κ1) is 20.7. The van der Waals surface area contributed by atoms with Gasteiger partial charge >= 0.3 is 0 Å². The van der Waals surface area contributed by atoms with Crippen LogP contribution >= 0.6 is 0 Å². The number of fused-ring (bicyclic) bond motifs is 1. The molecular formula is C24H29FN2O3. The number of likely N-dealkylation sites (tertiary alicyclic amines) is 1. The molecule has 0 spiro atoms. The smallest absolute Gasteiger partial charge is 0.254 e. The van der Waals surface area contributed by atoms with Gasteiger partial charge in [0, 0.05) is 38.3 Å². The van der Waals surface area contributed by atoms with Crippen LogP contribution in [0.2, 0.25) is 0 Å². The summed E-state index contributed by atoms with van der Waals surface area (Å²) in [6, 6.07) is 12.0. The molecule has 0 N–H and O–H groups in total. The van der Waals surface area contributed by atoms with Crippen LogP contribution in [0.1, 0.15) is 35.2 Å². The normalized spacial score (nSPS) is 18.1. The van der Waals surface area contributed by atoms with Crippen molar-refractivity contribution in [2.45, 2.75) is 31.8 Å². The fraction of sp³-hybridized carbons (Fsp3) is 0.458. The molecule has 0 bridgehead atoms. The number of carbonyl (C=O) groups is 1. The van der Waals surface area contributed by atoms with Crippen molar-refractivity contribution in [3.8, 4) is 11.5 Å². The molecule has 30 heavy (non-hydrogen) atoms. The first-order valence-electron chi connectivity index (χ1n) is 10.7. The maximum atomic E-state index is 13.1. The number of hydrogen-bond acceptors (Lipinski definition) is 4. The van der Waals surface area contributed by atoms with Crippen molar-refractivity contribution in [1.29, 1.82) is 0 Å². The Morgan fingerprint density at radius 2 is 1.73 bits per heavy atom. The fourth-order valence-electron chi connectivity index (χ4n) is 4.26. The van der Waals surface area contributed by atoms with Crippen LogP contribution in [0.25, 0.3) is 0 Å². The third-order valence-corrected chi connectivity index (χ3v) is 6.05. The van der Waals surface area contributed by atoms with Crippen LogP contribution in [0.3, 0.4) is 0 Å². The van der Waals surface area contributed by atoms with Crippen molar-refractivity contribution < 1.29 is 18.7 Å². The number of piperidine rings is 1. The van der Waals surface area contributed by atoms with Gasteiger partial charge in [-0.15, -0.1) is 0 Å². The number of amides is 1. The summed E-state index contributed by atoms with van der Waals surface area (Å²) < 4.78 is 24.3. The van der Waals surface area contributed by atoms with Crippen LogP contribution < -0.4 is 9.47 Å². The topological polar surface area (TPSA) is 42.0 Å². The van der Waals surface area contributed by atoms with E-state index in [9.17, 15) is 9.18 Å². The van der Waals surface area contributed by atoms with E-state index < -0.39 is 0 Å². The number of methoxy groups -OCH3 is 1. The second-order valence-electron chi connectivity index (χ2n) is 8.03. The highest BCUT2D eigenvalue weighted by Gasteiger charge is 2.25. The number of rotatable bonds is 6. The van der Waals surface area contributed by atoms with Crippen molar-refractivity contribution in [2.24, 2.45) is 0 Å². The summed E-state index contributed by atoms with van der Waals surface area (Å²) in [5.41, 5.74) is 1.89. The zero-order valence-corrected chi connectivity index (χ0v) is 17.5. The van der Waals surface area contributed by atoms with Gasteiger partial charge < -0.3 is 19.3 Å². The molecule has 0 saturated carbocycles. The van der Waals surface area contributed by atoms with E-state index in [-0.39, 0.29) is 17.8 Å². The van der Waals surface area contributed by atoms with Gasteiger partial charge in [-0.2, -0.15) is 0 Å². The molecule has 2 aromatic carbocycles. The Labute approximate surface area is 177 Å². The highest BCUT2D eigenvalue weighted by molar-refractivity contribution is 5.96. The molecule has 0 unspecified atom stereocenters. The van der Waals surface area contributed by atoms with Crippen LogP contribution in [0.15, 0.2) is 42.5 Å². The maximum Gasteiger partial charge on any atom is 0.254 e. The first-order chi connectivity index (χ1) is 14.6. The number of ether oxygens (including phenoxy) is 2. The molecule has 2 aliphatic heterocycles. The van der Waals surface area contributed by atoms with E-state index in [0.717, 1.165) is 81.0 Å². The molecule has 4 rings (SSSR count). The molecule has 1 fully saturated rings. The predicted octanol–water partition coefficient (Wildman–Crippen LogP) is 3.77. The minimum absolute atomic E-state index is 0.107. The van der Waals surface area contributed by atoms with Crippen molar-refractivity contribution in [3.63, 3.8) is 0 Å². The second kappa shape index (κ2) is 9.47. The molecule has 2 heterocycles. The number of carbonyl (C=O) groups excluding carboxylic acids is 1. The Bertz CT molecular complexity index is 863. The van der Waals surface area contributed by atoms with E-state index in [4.69, 9.17) is 9.47 Å². The van der Waals surface area contributed by atoms with Gasteiger partial charge in [0.15, 0.2) is 0 Å². The predicted molar refractivity (Wildman–Crippen MR) is 114 cm³/mol. The molecule has 2 aromatic rings. The summed E-state index contributed by atoms with van der Waals surface area (Å²) in [7, 11) is 1.63. The van der Waals surface area contributed by atoms with Crippen LogP contribution in [0.4, 0.5) is 4.39 Å². The molecule has 5 nitrogen and oxygen atoms in total. The average molecular weight is 413 g/mol. The van der Waals surface area contributed by atoms with Gasteiger partial charge in [-0.1, -0.05) is 6.07 Å². The van der Waals surface area contributed by atoms with Crippen LogP contribution in [-0.4, -0.2) is 61.6 Å². The number of benzene rings is 2. The lowest BCUT2D eigenvalue weighted by atomic mass is 10.0. The van der Waals surface area contributed by atoms with Crippen molar-refractivity contribution in [2.75, 3.05) is 39.8 Å². The Balaban J connectivity index is 1.27. The van der Waals surface area contributed by atoms with Gasteiger partial charge in [-0.05, 0) is 67.6 Å². The van der Waals surface area contributed by atoms with E-state index in [2.05, 4.69) is 4.90 Å². The van der Waals surface area contributed by atoms with E-state index in [0.29, 0.717) is 0 Å². The highest BCUT2D eigenvalue weighted by atomic mass is 19.1. The van der Waals surface area contributed by atoms with Gasteiger partial charge in [0.2, 0.25) is 0 Å². The minimum atomic E-state index is -0.249. The van der Waals surface area contributed by atoms with Crippen molar-refractivity contribution >= 4 is 5.91 Å². The Kier molecular flexibility index (Phi) is 6.53. The van der Waals surface area contributed by atoms with Gasteiger partial charge in [0.05, 0.1) is 7.11 Å². The molecular weight excluding hydrogens is 383 g/mol. The number of hydrogen-bond donors (Lipinski definition) is 0. The Hall–Kier alpha value is -2.60. The number of nitrogens with zero attached hydrogens (tertiary/aromatic N) is 2. The zero-order valence-electron chi connectivity index (χ0n) is 17.5. The molecule has 0 radical (unpaired) electrons. The maximum absolute atomic E-state index is 13.1. The number of halogens is 1. The largest absolute Gasteiger partial charge is 0.497 e. The molecule has 6 heteroatoms. The van der Waals surface area contributed by atoms with Crippen molar-refractivity contribution in [1.82, 2.24) is 9.80 Å². The molecule has 0 aromatic heterocycles. The zero-order chi connectivity index (χ0) is 20.9. The summed E-state index contributed by atoms with van der Waals surface area (Å²) >= 11 is 0. The minimum Gasteiger partial charge on any atom is -0.497 e. The van der Waals surface area contributed by atoms with Gasteiger partial charge in [-0.25, -0.2) is 4.39 Å². The quantitative estimate of drug-likeness (QED) is 0.725. The Morgan fingerprint density at radius 1 is 1.00 bits per heavy atom. The van der Waals surface area contributed by atoms with E-state index in [1.807, 2.05) is 23.1 Å². The highest BCUT2D eigenvalue weighted by Crippen LogP contribution is 2.24. The lowest BCUT2D eigenvalue weighted by Crippen LogP contribution is -2.43. The molecule has 0 atom stereocenters. The lowest BCUT2D eigenvalue weighted by molar-refractivity contribution is 0.0686. The fourth-order valence-corrected chi connectivity index (χ4v) is 4.26. The van der Waals surface area contributed by atoms with E-state index in [1.165, 1.54) is 12.1 Å². The molecule has 1 amide bonds. The second-order valence-corrected chi connectivity index (χ2v) is 8.03. The standard InChI is InChI=1S/C24H29FN2O3/c1-29-22-7-4-18-3-2-12-27(24(28)23(18)17-22)16-15-26-13-10-21(11-14-26)30-20-8-5-19(25)6-9-20/h4-9,17,21H,2-3,10-16H2,1H3. The molecule has 2 aliphatic rings. The van der Waals surface area contributed by atoms with Crippen LogP contribution in [-0.2, 0) is 6.42 Å². The Morgan fingerprint density at radius 3 is 2.47 bits per heavy atom. The summed E-state index contributed by atoms with van der Waals surface area (Å²) in [6.45, 7) is 4.28. The monoisotopic (exact) mass is 412 g/mol. The van der Waals surface area contributed by atoms with Crippen LogP contribution in [0, 0.1) is 5.82 Å². The first-order valence-corrected chi connectivity index (χ1v) is 10.7. The van der Waals surface area contributed by atoms with E-state index >= 15 is 0 Å². The van der Waals surface area contributed by atoms with Gasteiger partial charge in [-0.3, -0.25) is 4.79 Å². The van der Waals surface area contributed by atoms with Gasteiger partial charge in [0.25, 0.3) is 5.91 Å².